The van der Waals surface area contributed by atoms with Crippen molar-refractivity contribution in [3.05, 3.63) is 70.1 Å². The highest BCUT2D eigenvalue weighted by Gasteiger charge is 2.26. The van der Waals surface area contributed by atoms with E-state index in [2.05, 4.69) is 10.3 Å². The highest BCUT2D eigenvalue weighted by molar-refractivity contribution is 6.34. The first-order valence-electron chi connectivity index (χ1n) is 14.3. The number of benzene rings is 2. The molecule has 2 aliphatic carbocycles. The van der Waals surface area contributed by atoms with Crippen molar-refractivity contribution in [1.29, 1.82) is 0 Å². The van der Waals surface area contributed by atoms with Crippen LogP contribution in [0.5, 0.6) is 0 Å². The minimum Gasteiger partial charge on any atom is -0.457 e. The molecule has 218 valence electrons. The third kappa shape index (κ3) is 6.40. The topological polar surface area (TPSA) is 105 Å². The van der Waals surface area contributed by atoms with Crippen LogP contribution in [0.1, 0.15) is 62.9 Å². The fourth-order valence-corrected chi connectivity index (χ4v) is 6.11. The Morgan fingerprint density at radius 2 is 1.26 bits per heavy atom. The first-order chi connectivity index (χ1) is 20.4. The normalized spacial score (nSPS) is 15.8. The standard InChI is InChI=1S/C32H30Cl2N2O6/c33-22-10-11-25(30-16-24(42-36-30)18-40-32(38)20-7-3-4-8-20)26(14-22)27-13-21(9-12-28(27)34)29-15-23(41-35-29)17-39-31(37)19-5-1-2-6-19/h9-16,19-20H,1-8,17-18H2. The molecule has 10 heteroatoms. The molecule has 2 fully saturated rings. The fourth-order valence-electron chi connectivity index (χ4n) is 5.72. The van der Waals surface area contributed by atoms with Gasteiger partial charge in [-0.2, -0.15) is 0 Å². The second-order valence-electron chi connectivity index (χ2n) is 10.9. The van der Waals surface area contributed by atoms with Gasteiger partial charge in [0.05, 0.1) is 11.8 Å². The van der Waals surface area contributed by atoms with Crippen molar-refractivity contribution in [2.45, 2.75) is 64.6 Å². The van der Waals surface area contributed by atoms with Gasteiger partial charge in [-0.15, -0.1) is 0 Å². The second-order valence-corrected chi connectivity index (χ2v) is 11.8. The fraction of sp³-hybridized carbons (Fsp3) is 0.375. The summed E-state index contributed by atoms with van der Waals surface area (Å²) >= 11 is 13.1. The van der Waals surface area contributed by atoms with Gasteiger partial charge in [0.2, 0.25) is 0 Å². The van der Waals surface area contributed by atoms with Crippen molar-refractivity contribution in [2.75, 3.05) is 0 Å². The lowest BCUT2D eigenvalue weighted by Crippen LogP contribution is -2.14. The molecule has 6 rings (SSSR count). The van der Waals surface area contributed by atoms with Crippen molar-refractivity contribution in [3.8, 4) is 33.6 Å². The Bertz CT molecular complexity index is 1580. The van der Waals surface area contributed by atoms with Gasteiger partial charge in [-0.3, -0.25) is 9.59 Å². The van der Waals surface area contributed by atoms with E-state index in [-0.39, 0.29) is 37.0 Å². The van der Waals surface area contributed by atoms with Gasteiger partial charge in [-0.05, 0) is 55.5 Å². The number of nitrogens with zero attached hydrogens (tertiary/aromatic N) is 2. The minimum absolute atomic E-state index is 0.0198. The monoisotopic (exact) mass is 608 g/mol. The Kier molecular flexibility index (Phi) is 8.63. The summed E-state index contributed by atoms with van der Waals surface area (Å²) in [6.07, 6.45) is 7.74. The SMILES string of the molecule is O=C(OCc1cc(-c2ccc(Cl)c(-c3cc(Cl)ccc3-c3cc(COC(=O)C4CCCC4)on3)c2)no1)C1CCCC1. The van der Waals surface area contributed by atoms with E-state index in [1.54, 1.807) is 24.3 Å². The van der Waals surface area contributed by atoms with Crippen molar-refractivity contribution in [2.24, 2.45) is 11.8 Å². The maximum Gasteiger partial charge on any atom is 0.309 e. The van der Waals surface area contributed by atoms with Gasteiger partial charge in [0, 0.05) is 38.9 Å². The van der Waals surface area contributed by atoms with E-state index in [1.165, 1.54) is 0 Å². The predicted octanol–water partition coefficient (Wildman–Crippen LogP) is 8.44. The van der Waals surface area contributed by atoms with Crippen LogP contribution in [0.4, 0.5) is 0 Å². The maximum atomic E-state index is 12.3. The van der Waals surface area contributed by atoms with Crippen molar-refractivity contribution in [1.82, 2.24) is 10.3 Å². The van der Waals surface area contributed by atoms with Gasteiger partial charge >= 0.3 is 11.9 Å². The zero-order valence-electron chi connectivity index (χ0n) is 22.9. The quantitative estimate of drug-likeness (QED) is 0.174. The van der Waals surface area contributed by atoms with Gasteiger partial charge in [0.15, 0.2) is 24.7 Å². The molecule has 0 bridgehead atoms. The first-order valence-corrected chi connectivity index (χ1v) is 15.0. The number of ether oxygens (including phenoxy) is 2. The third-order valence-electron chi connectivity index (χ3n) is 8.02. The lowest BCUT2D eigenvalue weighted by molar-refractivity contribution is -0.151. The molecule has 0 spiro atoms. The summed E-state index contributed by atoms with van der Waals surface area (Å²) in [4.78, 5) is 24.6. The molecular weight excluding hydrogens is 579 g/mol. The molecule has 0 saturated heterocycles. The highest BCUT2D eigenvalue weighted by atomic mass is 35.5. The summed E-state index contributed by atoms with van der Waals surface area (Å²) in [5.74, 6) is 0.476. The molecule has 2 aromatic carbocycles. The van der Waals surface area contributed by atoms with E-state index < -0.39 is 0 Å². The number of aromatic nitrogens is 2. The summed E-state index contributed by atoms with van der Waals surface area (Å²) in [7, 11) is 0. The molecule has 2 heterocycles. The summed E-state index contributed by atoms with van der Waals surface area (Å²) in [5, 5.41) is 9.45. The second kappa shape index (κ2) is 12.7. The molecule has 0 radical (unpaired) electrons. The Hall–Kier alpha value is -3.62. The summed E-state index contributed by atoms with van der Waals surface area (Å²) < 4.78 is 21.9. The van der Waals surface area contributed by atoms with Crippen LogP contribution in [0.3, 0.4) is 0 Å². The Labute approximate surface area is 253 Å². The number of hydrogen-bond acceptors (Lipinski definition) is 8. The van der Waals surface area contributed by atoms with Gasteiger partial charge in [-0.1, -0.05) is 71.3 Å². The number of carbonyl (C=O) groups is 2. The van der Waals surface area contributed by atoms with Crippen LogP contribution >= 0.6 is 23.2 Å². The Morgan fingerprint density at radius 1 is 0.690 bits per heavy atom. The summed E-state index contributed by atoms with van der Waals surface area (Å²) in [5.41, 5.74) is 4.10. The molecule has 2 saturated carbocycles. The Morgan fingerprint density at radius 3 is 1.88 bits per heavy atom. The molecule has 8 nitrogen and oxygen atoms in total. The highest BCUT2D eigenvalue weighted by Crippen LogP contribution is 2.40. The van der Waals surface area contributed by atoms with Crippen LogP contribution in [0, 0.1) is 11.8 Å². The van der Waals surface area contributed by atoms with E-state index in [0.717, 1.165) is 68.1 Å². The number of hydrogen-bond donors (Lipinski definition) is 0. The van der Waals surface area contributed by atoms with Crippen LogP contribution in [0.25, 0.3) is 33.6 Å². The zero-order chi connectivity index (χ0) is 29.1. The van der Waals surface area contributed by atoms with Crippen molar-refractivity contribution < 1.29 is 28.1 Å². The number of rotatable bonds is 9. The number of esters is 2. The van der Waals surface area contributed by atoms with Crippen LogP contribution in [-0.4, -0.2) is 22.3 Å². The predicted molar refractivity (Wildman–Crippen MR) is 156 cm³/mol. The van der Waals surface area contributed by atoms with E-state index >= 15 is 0 Å². The average molecular weight is 610 g/mol. The minimum atomic E-state index is -0.191. The van der Waals surface area contributed by atoms with Crippen LogP contribution in [0.15, 0.2) is 57.6 Å². The number of carbonyl (C=O) groups excluding carboxylic acids is 2. The molecule has 2 aromatic heterocycles. The van der Waals surface area contributed by atoms with E-state index in [0.29, 0.717) is 38.5 Å². The van der Waals surface area contributed by atoms with Gasteiger partial charge in [-0.25, -0.2) is 0 Å². The van der Waals surface area contributed by atoms with E-state index in [9.17, 15) is 9.59 Å². The molecule has 0 amide bonds. The average Bonchev–Trinajstić information content (AvgIpc) is 3.82. The first kappa shape index (κ1) is 28.5. The molecule has 0 unspecified atom stereocenters. The Balaban J connectivity index is 1.20. The van der Waals surface area contributed by atoms with E-state index in [1.807, 2.05) is 24.3 Å². The number of halogens is 2. The molecule has 0 N–H and O–H groups in total. The summed E-state index contributed by atoms with van der Waals surface area (Å²) in [6, 6.07) is 14.5. The van der Waals surface area contributed by atoms with Crippen molar-refractivity contribution >= 4 is 35.1 Å². The molecular formula is C32H30Cl2N2O6. The summed E-state index contributed by atoms with van der Waals surface area (Å²) in [6.45, 7) is 0.0532. The van der Waals surface area contributed by atoms with Crippen LogP contribution < -0.4 is 0 Å². The zero-order valence-corrected chi connectivity index (χ0v) is 24.5. The maximum absolute atomic E-state index is 12.3. The largest absolute Gasteiger partial charge is 0.457 e. The molecule has 0 aliphatic heterocycles. The molecule has 2 aliphatic rings. The van der Waals surface area contributed by atoms with Gasteiger partial charge in [0.1, 0.15) is 11.4 Å². The van der Waals surface area contributed by atoms with Gasteiger partial charge < -0.3 is 18.5 Å². The van der Waals surface area contributed by atoms with Crippen LogP contribution in [0.2, 0.25) is 10.0 Å². The smallest absolute Gasteiger partial charge is 0.309 e. The van der Waals surface area contributed by atoms with E-state index in [4.69, 9.17) is 41.7 Å². The molecule has 0 atom stereocenters. The van der Waals surface area contributed by atoms with Crippen molar-refractivity contribution in [3.63, 3.8) is 0 Å². The molecule has 4 aromatic rings. The third-order valence-corrected chi connectivity index (χ3v) is 8.58. The molecule has 42 heavy (non-hydrogen) atoms. The van der Waals surface area contributed by atoms with Crippen LogP contribution in [-0.2, 0) is 32.3 Å². The lowest BCUT2D eigenvalue weighted by Gasteiger charge is -2.11. The lowest BCUT2D eigenvalue weighted by atomic mass is 9.95. The van der Waals surface area contributed by atoms with Gasteiger partial charge in [0.25, 0.3) is 0 Å².